The average molecular weight is 188 g/mol. The number of ketones is 1. The third kappa shape index (κ3) is 0.589. The van der Waals surface area contributed by atoms with Gasteiger partial charge in [0.2, 0.25) is 0 Å². The fraction of sp³-hybridized carbons (Fsp3) is 0.615. The molecule has 1 nitrogen and oxygen atoms in total. The number of Topliss-reactive ketones (excluding diaryl/α,β-unsaturated/α-hetero) is 1. The Bertz CT molecular complexity index is 353. The summed E-state index contributed by atoms with van der Waals surface area (Å²) in [6.45, 7) is 6.29. The molecule has 0 amide bonds. The Morgan fingerprint density at radius 3 is 2.79 bits per heavy atom. The summed E-state index contributed by atoms with van der Waals surface area (Å²) in [6, 6.07) is 0. The zero-order valence-electron chi connectivity index (χ0n) is 8.73. The first kappa shape index (κ1) is 8.46. The Kier molecular flexibility index (Phi) is 1.33. The van der Waals surface area contributed by atoms with Crippen LogP contribution in [0, 0.1) is 10.8 Å². The number of rotatable bonds is 0. The predicted octanol–water partition coefficient (Wildman–Crippen LogP) is 3.02. The molecule has 3 rings (SSSR count). The molecular weight excluding hydrogens is 172 g/mol. The number of carbonyl (C=O) groups is 1. The van der Waals surface area contributed by atoms with E-state index in [1.807, 2.05) is 0 Å². The van der Waals surface area contributed by atoms with Crippen molar-refractivity contribution in [2.45, 2.75) is 39.0 Å². The van der Waals surface area contributed by atoms with E-state index >= 15 is 0 Å². The molecule has 0 aliphatic heterocycles. The van der Waals surface area contributed by atoms with E-state index in [4.69, 9.17) is 0 Å². The lowest BCUT2D eigenvalue weighted by molar-refractivity contribution is -0.124. The largest absolute Gasteiger partial charge is 0.298 e. The van der Waals surface area contributed by atoms with Gasteiger partial charge in [0, 0.05) is 6.42 Å². The molecule has 1 heteroatoms. The fourth-order valence-electron chi connectivity index (χ4n) is 4.26. The van der Waals surface area contributed by atoms with Gasteiger partial charge in [-0.05, 0) is 38.0 Å². The molecule has 0 spiro atoms. The van der Waals surface area contributed by atoms with Crippen LogP contribution >= 0.6 is 0 Å². The minimum Gasteiger partial charge on any atom is -0.298 e. The third-order valence-corrected chi connectivity index (χ3v) is 4.87. The second-order valence-electron chi connectivity index (χ2n) is 5.15. The normalized spacial score (nSPS) is 45.4. The highest BCUT2D eigenvalue weighted by Crippen LogP contribution is 2.70. The van der Waals surface area contributed by atoms with Crippen molar-refractivity contribution in [3.05, 3.63) is 23.8 Å². The molecule has 74 valence electrons. The van der Waals surface area contributed by atoms with E-state index in [-0.39, 0.29) is 10.8 Å². The van der Waals surface area contributed by atoms with E-state index in [1.54, 1.807) is 0 Å². The Morgan fingerprint density at radius 2 is 2.07 bits per heavy atom. The lowest BCUT2D eigenvalue weighted by Crippen LogP contribution is -2.35. The minimum atomic E-state index is -0.201. The average Bonchev–Trinajstić information content (AvgIpc) is 2.71. The highest BCUT2D eigenvalue weighted by atomic mass is 16.1. The van der Waals surface area contributed by atoms with Gasteiger partial charge >= 0.3 is 0 Å². The van der Waals surface area contributed by atoms with Gasteiger partial charge in [-0.25, -0.2) is 0 Å². The van der Waals surface area contributed by atoms with Crippen LogP contribution in [0.4, 0.5) is 0 Å². The maximum Gasteiger partial charge on any atom is 0.147 e. The molecule has 0 aromatic rings. The smallest absolute Gasteiger partial charge is 0.147 e. The van der Waals surface area contributed by atoms with Crippen molar-refractivity contribution in [1.29, 1.82) is 0 Å². The lowest BCUT2D eigenvalue weighted by atomic mass is 9.66. The van der Waals surface area contributed by atoms with E-state index in [0.29, 0.717) is 5.78 Å². The Balaban J connectivity index is 2.28. The molecule has 3 aliphatic rings. The van der Waals surface area contributed by atoms with Gasteiger partial charge in [-0.3, -0.25) is 4.79 Å². The van der Waals surface area contributed by atoms with E-state index in [9.17, 15) is 4.79 Å². The molecule has 2 atom stereocenters. The SMILES string of the molecule is C=C1CC[C@]23CC=C(C)[C@]12C(=O)CC3. The molecule has 3 aliphatic carbocycles. The Morgan fingerprint density at radius 1 is 1.36 bits per heavy atom. The van der Waals surface area contributed by atoms with E-state index in [1.165, 1.54) is 17.6 Å². The van der Waals surface area contributed by atoms with Crippen molar-refractivity contribution in [2.75, 3.05) is 0 Å². The van der Waals surface area contributed by atoms with Gasteiger partial charge in [0.15, 0.2) is 0 Å². The van der Waals surface area contributed by atoms with Crippen LogP contribution in [-0.2, 0) is 4.79 Å². The summed E-state index contributed by atoms with van der Waals surface area (Å²) >= 11 is 0. The topological polar surface area (TPSA) is 17.1 Å². The highest BCUT2D eigenvalue weighted by molar-refractivity contribution is 5.96. The van der Waals surface area contributed by atoms with Gasteiger partial charge < -0.3 is 0 Å². The molecule has 14 heavy (non-hydrogen) atoms. The quantitative estimate of drug-likeness (QED) is 0.534. The summed E-state index contributed by atoms with van der Waals surface area (Å²) in [7, 11) is 0. The minimum absolute atomic E-state index is 0.201. The third-order valence-electron chi connectivity index (χ3n) is 4.87. The van der Waals surface area contributed by atoms with E-state index in [2.05, 4.69) is 19.6 Å². The Hall–Kier alpha value is -0.850. The molecule has 0 saturated heterocycles. The van der Waals surface area contributed by atoms with Gasteiger partial charge in [0.05, 0.1) is 5.41 Å². The molecule has 0 N–H and O–H groups in total. The van der Waals surface area contributed by atoms with Crippen LogP contribution in [0.25, 0.3) is 0 Å². The molecule has 0 radical (unpaired) electrons. The van der Waals surface area contributed by atoms with Crippen molar-refractivity contribution in [2.24, 2.45) is 10.8 Å². The molecule has 2 fully saturated rings. The van der Waals surface area contributed by atoms with E-state index < -0.39 is 0 Å². The van der Waals surface area contributed by atoms with Crippen LogP contribution < -0.4 is 0 Å². The van der Waals surface area contributed by atoms with Crippen molar-refractivity contribution < 1.29 is 4.79 Å². The standard InChI is InChI=1S/C13H16O/c1-9-3-6-12-7-4-10(2)13(9,12)11(14)5-8-12/h4H,1,3,5-8H2,2H3/t12-,13+/m1/s1. The Labute approximate surface area is 84.9 Å². The second kappa shape index (κ2) is 2.21. The monoisotopic (exact) mass is 188 g/mol. The van der Waals surface area contributed by atoms with Crippen LogP contribution in [-0.4, -0.2) is 5.78 Å². The summed E-state index contributed by atoms with van der Waals surface area (Å²) in [5.41, 5.74) is 2.56. The summed E-state index contributed by atoms with van der Waals surface area (Å²) < 4.78 is 0. The zero-order chi connectivity index (χ0) is 9.97. The van der Waals surface area contributed by atoms with Gasteiger partial charge in [0.25, 0.3) is 0 Å². The number of carbonyl (C=O) groups excluding carboxylic acids is 1. The molecule has 0 bridgehead atoms. The fourth-order valence-corrected chi connectivity index (χ4v) is 4.26. The van der Waals surface area contributed by atoms with Crippen molar-refractivity contribution in [3.63, 3.8) is 0 Å². The maximum absolute atomic E-state index is 12.2. The van der Waals surface area contributed by atoms with Crippen molar-refractivity contribution >= 4 is 5.78 Å². The highest BCUT2D eigenvalue weighted by Gasteiger charge is 2.66. The van der Waals surface area contributed by atoms with Crippen LogP contribution in [0.3, 0.4) is 0 Å². The van der Waals surface area contributed by atoms with Crippen LogP contribution in [0.15, 0.2) is 23.8 Å². The van der Waals surface area contributed by atoms with Crippen molar-refractivity contribution in [3.8, 4) is 0 Å². The second-order valence-corrected chi connectivity index (χ2v) is 5.15. The first-order valence-corrected chi connectivity index (χ1v) is 5.52. The summed E-state index contributed by atoms with van der Waals surface area (Å²) in [6.07, 6.45) is 7.52. The molecule has 2 saturated carbocycles. The van der Waals surface area contributed by atoms with Crippen LogP contribution in [0.1, 0.15) is 39.0 Å². The lowest BCUT2D eigenvalue weighted by Gasteiger charge is -2.35. The molecular formula is C13H16O. The summed E-state index contributed by atoms with van der Waals surface area (Å²) in [4.78, 5) is 12.2. The first-order valence-electron chi connectivity index (χ1n) is 5.52. The molecule has 0 aromatic carbocycles. The first-order chi connectivity index (χ1) is 6.63. The number of hydrogen-bond donors (Lipinski definition) is 0. The maximum atomic E-state index is 12.2. The predicted molar refractivity (Wildman–Crippen MR) is 55.9 cm³/mol. The van der Waals surface area contributed by atoms with Gasteiger partial charge in [0.1, 0.15) is 5.78 Å². The van der Waals surface area contributed by atoms with Gasteiger partial charge in [-0.2, -0.15) is 0 Å². The van der Waals surface area contributed by atoms with Crippen molar-refractivity contribution in [1.82, 2.24) is 0 Å². The number of hydrogen-bond acceptors (Lipinski definition) is 1. The summed E-state index contributed by atoms with van der Waals surface area (Å²) in [5, 5.41) is 0. The van der Waals surface area contributed by atoms with Crippen LogP contribution in [0.2, 0.25) is 0 Å². The van der Waals surface area contributed by atoms with Crippen LogP contribution in [0.5, 0.6) is 0 Å². The number of allylic oxidation sites excluding steroid dienone is 3. The van der Waals surface area contributed by atoms with E-state index in [0.717, 1.165) is 25.7 Å². The summed E-state index contributed by atoms with van der Waals surface area (Å²) in [5.74, 6) is 0.450. The molecule has 0 heterocycles. The van der Waals surface area contributed by atoms with Gasteiger partial charge in [-0.15, -0.1) is 0 Å². The molecule has 0 aromatic heterocycles. The molecule has 0 unspecified atom stereocenters. The zero-order valence-corrected chi connectivity index (χ0v) is 8.73. The van der Waals surface area contributed by atoms with Gasteiger partial charge in [-0.1, -0.05) is 23.8 Å².